The molecule has 0 amide bonds. The lowest BCUT2D eigenvalue weighted by atomic mass is 9.76. The van der Waals surface area contributed by atoms with E-state index in [0.717, 1.165) is 31.6 Å². The molecule has 0 spiro atoms. The van der Waals surface area contributed by atoms with Crippen LogP contribution in [0, 0.1) is 11.8 Å². The van der Waals surface area contributed by atoms with Crippen LogP contribution in [0.2, 0.25) is 0 Å². The van der Waals surface area contributed by atoms with E-state index in [1.54, 1.807) is 0 Å². The van der Waals surface area contributed by atoms with Gasteiger partial charge in [-0.1, -0.05) is 6.92 Å². The average molecular weight is 253 g/mol. The first-order valence-corrected chi connectivity index (χ1v) is 7.85. The molecule has 0 aromatic carbocycles. The maximum absolute atomic E-state index is 6.07. The van der Waals surface area contributed by atoms with Gasteiger partial charge in [-0.15, -0.1) is 0 Å². The number of nitrogens with one attached hydrogen (secondary N) is 1. The predicted octanol–water partition coefficient (Wildman–Crippen LogP) is 2.35. The summed E-state index contributed by atoms with van der Waals surface area (Å²) in [7, 11) is 0. The van der Waals surface area contributed by atoms with Crippen molar-refractivity contribution in [2.24, 2.45) is 11.8 Å². The molecule has 0 aliphatic carbocycles. The van der Waals surface area contributed by atoms with Crippen molar-refractivity contribution in [1.82, 2.24) is 5.32 Å². The van der Waals surface area contributed by atoms with Crippen molar-refractivity contribution in [2.45, 2.75) is 63.7 Å². The molecule has 1 N–H and O–H groups in total. The first-order valence-electron chi connectivity index (χ1n) is 7.85. The predicted molar refractivity (Wildman–Crippen MR) is 71.6 cm³/mol. The normalized spacial score (nSPS) is 38.2. The molecule has 0 aromatic heterocycles. The van der Waals surface area contributed by atoms with Gasteiger partial charge in [0.05, 0.1) is 12.2 Å². The summed E-state index contributed by atoms with van der Waals surface area (Å²) in [6.45, 7) is 5.31. The summed E-state index contributed by atoms with van der Waals surface area (Å²) in [5.74, 6) is 1.57. The molecule has 4 atom stereocenters. The molecule has 3 nitrogen and oxygen atoms in total. The minimum absolute atomic E-state index is 0.548. The molecular weight excluding hydrogens is 226 g/mol. The number of fused-ring (bicyclic) bond motifs is 2. The van der Waals surface area contributed by atoms with Gasteiger partial charge in [-0.3, -0.25) is 0 Å². The van der Waals surface area contributed by atoms with Crippen molar-refractivity contribution in [2.75, 3.05) is 19.8 Å². The highest BCUT2D eigenvalue weighted by atomic mass is 16.5. The van der Waals surface area contributed by atoms with Gasteiger partial charge in [0, 0.05) is 25.2 Å². The molecule has 0 aromatic rings. The van der Waals surface area contributed by atoms with Gasteiger partial charge in [-0.05, 0) is 51.0 Å². The van der Waals surface area contributed by atoms with E-state index in [-0.39, 0.29) is 0 Å². The van der Waals surface area contributed by atoms with Gasteiger partial charge >= 0.3 is 0 Å². The average Bonchev–Trinajstić information content (AvgIpc) is 3.03. The molecule has 3 saturated heterocycles. The molecule has 4 unspecified atom stereocenters. The second-order valence-electron chi connectivity index (χ2n) is 6.20. The molecule has 0 saturated carbocycles. The van der Waals surface area contributed by atoms with Crippen molar-refractivity contribution < 1.29 is 9.47 Å². The maximum atomic E-state index is 6.07. The highest BCUT2D eigenvalue weighted by Crippen LogP contribution is 2.43. The molecule has 3 aliphatic heterocycles. The van der Waals surface area contributed by atoms with Crippen LogP contribution in [0.5, 0.6) is 0 Å². The Morgan fingerprint density at radius 1 is 1.17 bits per heavy atom. The first-order chi connectivity index (χ1) is 8.88. The Hall–Kier alpha value is -0.120. The summed E-state index contributed by atoms with van der Waals surface area (Å²) in [6, 6.07) is 0.671. The zero-order valence-corrected chi connectivity index (χ0v) is 11.6. The van der Waals surface area contributed by atoms with E-state index in [4.69, 9.17) is 9.47 Å². The van der Waals surface area contributed by atoms with Gasteiger partial charge in [-0.25, -0.2) is 0 Å². The van der Waals surface area contributed by atoms with E-state index < -0.39 is 0 Å². The van der Waals surface area contributed by atoms with E-state index in [0.29, 0.717) is 18.2 Å². The van der Waals surface area contributed by atoms with Crippen LogP contribution in [-0.2, 0) is 9.47 Å². The van der Waals surface area contributed by atoms with E-state index in [1.807, 2.05) is 0 Å². The third-order valence-electron chi connectivity index (χ3n) is 5.02. The van der Waals surface area contributed by atoms with E-state index >= 15 is 0 Å². The largest absolute Gasteiger partial charge is 0.381 e. The lowest BCUT2D eigenvalue weighted by Gasteiger charge is -2.37. The van der Waals surface area contributed by atoms with Crippen molar-refractivity contribution in [3.63, 3.8) is 0 Å². The SMILES string of the molecule is CCCNC(C1CCOCC1)C1CC2CCC1O2. The molecule has 3 aliphatic rings. The third-order valence-corrected chi connectivity index (χ3v) is 5.02. The van der Waals surface area contributed by atoms with Crippen molar-refractivity contribution in [3.05, 3.63) is 0 Å². The molecule has 2 bridgehead atoms. The Labute approximate surface area is 111 Å². The summed E-state index contributed by atoms with van der Waals surface area (Å²) in [5, 5.41) is 3.83. The van der Waals surface area contributed by atoms with Crippen LogP contribution in [0.15, 0.2) is 0 Å². The summed E-state index contributed by atoms with van der Waals surface area (Å²) in [5.41, 5.74) is 0. The summed E-state index contributed by atoms with van der Waals surface area (Å²) in [4.78, 5) is 0. The first kappa shape index (κ1) is 12.9. The van der Waals surface area contributed by atoms with Gasteiger partial charge in [0.1, 0.15) is 0 Å². The van der Waals surface area contributed by atoms with Gasteiger partial charge in [-0.2, -0.15) is 0 Å². The minimum atomic E-state index is 0.548. The number of hydrogen-bond acceptors (Lipinski definition) is 3. The van der Waals surface area contributed by atoms with Crippen LogP contribution >= 0.6 is 0 Å². The van der Waals surface area contributed by atoms with Gasteiger partial charge in [0.2, 0.25) is 0 Å². The quantitative estimate of drug-likeness (QED) is 0.816. The van der Waals surface area contributed by atoms with E-state index in [2.05, 4.69) is 12.2 Å². The molecule has 18 heavy (non-hydrogen) atoms. The number of hydrogen-bond donors (Lipinski definition) is 1. The van der Waals surface area contributed by atoms with Crippen LogP contribution in [-0.4, -0.2) is 38.0 Å². The second kappa shape index (κ2) is 5.89. The monoisotopic (exact) mass is 253 g/mol. The Balaban J connectivity index is 1.64. The number of ether oxygens (including phenoxy) is 2. The lowest BCUT2D eigenvalue weighted by molar-refractivity contribution is 0.0313. The Kier molecular flexibility index (Phi) is 4.22. The molecule has 3 heterocycles. The van der Waals surface area contributed by atoms with Gasteiger partial charge in [0.25, 0.3) is 0 Å². The second-order valence-corrected chi connectivity index (χ2v) is 6.20. The van der Waals surface area contributed by atoms with Crippen molar-refractivity contribution in [3.8, 4) is 0 Å². The van der Waals surface area contributed by atoms with Crippen LogP contribution < -0.4 is 5.32 Å². The summed E-state index contributed by atoms with van der Waals surface area (Å²) < 4.78 is 11.6. The topological polar surface area (TPSA) is 30.5 Å². The van der Waals surface area contributed by atoms with Crippen LogP contribution in [0.25, 0.3) is 0 Å². The Bertz CT molecular complexity index is 265. The Morgan fingerprint density at radius 3 is 2.61 bits per heavy atom. The van der Waals surface area contributed by atoms with E-state index in [9.17, 15) is 0 Å². The molecular formula is C15H27NO2. The van der Waals surface area contributed by atoms with Gasteiger partial charge < -0.3 is 14.8 Å². The van der Waals surface area contributed by atoms with Crippen LogP contribution in [0.1, 0.15) is 45.4 Å². The van der Waals surface area contributed by atoms with Crippen molar-refractivity contribution in [1.29, 1.82) is 0 Å². The Morgan fingerprint density at radius 2 is 2.00 bits per heavy atom. The fourth-order valence-electron chi connectivity index (χ4n) is 4.11. The smallest absolute Gasteiger partial charge is 0.0623 e. The lowest BCUT2D eigenvalue weighted by Crippen LogP contribution is -2.47. The standard InChI is InChI=1S/C15H27NO2/c1-2-7-16-15(11-5-8-17-9-6-11)13-10-12-3-4-14(13)18-12/h11-16H,2-10H2,1H3. The van der Waals surface area contributed by atoms with Crippen molar-refractivity contribution >= 4 is 0 Å². The third kappa shape index (κ3) is 2.59. The fourth-order valence-corrected chi connectivity index (χ4v) is 4.11. The van der Waals surface area contributed by atoms with Crippen LogP contribution in [0.4, 0.5) is 0 Å². The molecule has 3 rings (SSSR count). The summed E-state index contributed by atoms with van der Waals surface area (Å²) in [6.07, 6.45) is 8.70. The molecule has 3 heteroatoms. The highest BCUT2D eigenvalue weighted by Gasteiger charge is 2.46. The minimum Gasteiger partial charge on any atom is -0.381 e. The van der Waals surface area contributed by atoms with E-state index in [1.165, 1.54) is 38.5 Å². The molecule has 3 fully saturated rings. The fraction of sp³-hybridized carbons (Fsp3) is 1.00. The highest BCUT2D eigenvalue weighted by molar-refractivity contribution is 4.97. The summed E-state index contributed by atoms with van der Waals surface area (Å²) >= 11 is 0. The maximum Gasteiger partial charge on any atom is 0.0623 e. The molecule has 0 radical (unpaired) electrons. The zero-order chi connectivity index (χ0) is 12.4. The van der Waals surface area contributed by atoms with Crippen LogP contribution in [0.3, 0.4) is 0 Å². The molecule has 104 valence electrons. The zero-order valence-electron chi connectivity index (χ0n) is 11.6. The van der Waals surface area contributed by atoms with Gasteiger partial charge in [0.15, 0.2) is 0 Å². The number of rotatable bonds is 5.